The Morgan fingerprint density at radius 3 is 2.09 bits per heavy atom. The van der Waals surface area contributed by atoms with Gasteiger partial charge in [0, 0.05) is 29.9 Å². The van der Waals surface area contributed by atoms with Gasteiger partial charge in [0.2, 0.25) is 11.8 Å². The lowest BCUT2D eigenvalue weighted by Crippen LogP contribution is -2.56. The van der Waals surface area contributed by atoms with Crippen molar-refractivity contribution in [3.8, 4) is 0 Å². The van der Waals surface area contributed by atoms with Crippen molar-refractivity contribution in [2.24, 2.45) is 0 Å². The van der Waals surface area contributed by atoms with Crippen molar-refractivity contribution in [2.45, 2.75) is 88.5 Å². The smallest absolute Gasteiger partial charge is 0.253 e. The molecule has 2 aromatic carbocycles. The SMILES string of the molecule is CCCC(CCC)SCC(NC(=O)c1cccnc1)C(=O)N[C@@H](Cc1ccccc1)[C@@H](O)[C@H](O)CC(=O)NCc1ccccc1. The average Bonchev–Trinajstić information content (AvgIpc) is 3.06. The molecular formula is C35H46N4O5S. The van der Waals surface area contributed by atoms with Crippen LogP contribution in [0.2, 0.25) is 0 Å². The van der Waals surface area contributed by atoms with Gasteiger partial charge in [0.25, 0.3) is 5.91 Å². The van der Waals surface area contributed by atoms with Gasteiger partial charge in [0.1, 0.15) is 12.1 Å². The van der Waals surface area contributed by atoms with Gasteiger partial charge in [-0.15, -0.1) is 0 Å². The van der Waals surface area contributed by atoms with E-state index in [1.165, 1.54) is 6.20 Å². The van der Waals surface area contributed by atoms with Gasteiger partial charge >= 0.3 is 0 Å². The van der Waals surface area contributed by atoms with E-state index < -0.39 is 42.0 Å². The first kappa shape index (κ1) is 35.7. The number of thioether (sulfide) groups is 1. The van der Waals surface area contributed by atoms with E-state index in [2.05, 4.69) is 34.8 Å². The molecule has 5 N–H and O–H groups in total. The largest absolute Gasteiger partial charge is 0.390 e. The normalized spacial score (nSPS) is 13.8. The first-order valence-electron chi connectivity index (χ1n) is 15.6. The number of amides is 3. The number of hydrogen-bond acceptors (Lipinski definition) is 7. The molecule has 3 amide bonds. The number of aromatic nitrogens is 1. The minimum Gasteiger partial charge on any atom is -0.390 e. The summed E-state index contributed by atoms with van der Waals surface area (Å²) in [6, 6.07) is 20.1. The maximum atomic E-state index is 13.8. The molecule has 0 radical (unpaired) electrons. The second-order valence-electron chi connectivity index (χ2n) is 11.1. The zero-order valence-electron chi connectivity index (χ0n) is 26.1. The quantitative estimate of drug-likeness (QED) is 0.134. The third-order valence-corrected chi connectivity index (χ3v) is 8.89. The highest BCUT2D eigenvalue weighted by Gasteiger charge is 2.32. The van der Waals surface area contributed by atoms with Crippen molar-refractivity contribution in [1.82, 2.24) is 20.9 Å². The zero-order valence-corrected chi connectivity index (χ0v) is 26.9. The Morgan fingerprint density at radius 2 is 1.49 bits per heavy atom. The Kier molecular flexibility index (Phi) is 15.6. The van der Waals surface area contributed by atoms with Crippen molar-refractivity contribution < 1.29 is 24.6 Å². The molecule has 45 heavy (non-hydrogen) atoms. The van der Waals surface area contributed by atoms with E-state index in [1.54, 1.807) is 30.1 Å². The fourth-order valence-electron chi connectivity index (χ4n) is 4.96. The van der Waals surface area contributed by atoms with E-state index in [0.29, 0.717) is 23.1 Å². The standard InChI is InChI=1S/C35H46N4O5S/c1-3-12-28(13-4-2)45-24-30(39-34(43)27-18-11-19-36-23-27)35(44)38-29(20-25-14-7-5-8-15-25)33(42)31(40)21-32(41)37-22-26-16-9-6-10-17-26/h5-11,14-19,23,28-31,33,40,42H,3-4,12-13,20-22,24H2,1-2H3,(H,37,41)(H,38,44)(H,39,43)/t29-,30?,31+,33+/m0/s1. The van der Waals surface area contributed by atoms with Crippen LogP contribution in [0.3, 0.4) is 0 Å². The van der Waals surface area contributed by atoms with Gasteiger partial charge < -0.3 is 26.2 Å². The van der Waals surface area contributed by atoms with Crippen molar-refractivity contribution in [3.05, 3.63) is 102 Å². The highest BCUT2D eigenvalue weighted by atomic mass is 32.2. The van der Waals surface area contributed by atoms with Crippen LogP contribution in [0, 0.1) is 0 Å². The van der Waals surface area contributed by atoms with Crippen LogP contribution in [-0.4, -0.2) is 68.2 Å². The second-order valence-corrected chi connectivity index (χ2v) is 12.5. The molecule has 10 heteroatoms. The van der Waals surface area contributed by atoms with Crippen LogP contribution in [0.15, 0.2) is 85.2 Å². The molecule has 0 saturated heterocycles. The summed E-state index contributed by atoms with van der Waals surface area (Å²) in [6.45, 7) is 4.54. The van der Waals surface area contributed by atoms with Crippen LogP contribution in [0.5, 0.6) is 0 Å². The van der Waals surface area contributed by atoms with Crippen LogP contribution in [0.25, 0.3) is 0 Å². The van der Waals surface area contributed by atoms with Crippen LogP contribution in [0.1, 0.15) is 67.4 Å². The van der Waals surface area contributed by atoms with Crippen molar-refractivity contribution >= 4 is 29.5 Å². The molecule has 1 aromatic heterocycles. The highest BCUT2D eigenvalue weighted by Crippen LogP contribution is 2.23. The Labute approximate surface area is 270 Å². The molecule has 0 aliphatic carbocycles. The molecule has 1 unspecified atom stereocenters. The lowest BCUT2D eigenvalue weighted by atomic mass is 9.95. The lowest BCUT2D eigenvalue weighted by molar-refractivity contribution is -0.127. The maximum Gasteiger partial charge on any atom is 0.253 e. The number of carbonyl (C=O) groups is 3. The van der Waals surface area contributed by atoms with Crippen LogP contribution in [0.4, 0.5) is 0 Å². The number of aliphatic hydroxyl groups excluding tert-OH is 2. The Hall–Kier alpha value is -3.73. The van der Waals surface area contributed by atoms with Crippen molar-refractivity contribution in [3.63, 3.8) is 0 Å². The van der Waals surface area contributed by atoms with Crippen LogP contribution in [-0.2, 0) is 22.6 Å². The monoisotopic (exact) mass is 634 g/mol. The number of nitrogens with zero attached hydrogens (tertiary/aromatic N) is 1. The molecule has 0 fully saturated rings. The summed E-state index contributed by atoms with van der Waals surface area (Å²) >= 11 is 1.65. The second kappa shape index (κ2) is 19.6. The van der Waals surface area contributed by atoms with Crippen LogP contribution >= 0.6 is 11.8 Å². The highest BCUT2D eigenvalue weighted by molar-refractivity contribution is 7.99. The zero-order chi connectivity index (χ0) is 32.4. The average molecular weight is 635 g/mol. The third kappa shape index (κ3) is 12.7. The van der Waals surface area contributed by atoms with Gasteiger partial charge in [0.15, 0.2) is 0 Å². The first-order chi connectivity index (χ1) is 21.8. The number of pyridine rings is 1. The predicted octanol–water partition coefficient (Wildman–Crippen LogP) is 4.04. The summed E-state index contributed by atoms with van der Waals surface area (Å²) in [7, 11) is 0. The van der Waals surface area contributed by atoms with E-state index in [-0.39, 0.29) is 12.8 Å². The topological polar surface area (TPSA) is 141 Å². The molecule has 9 nitrogen and oxygen atoms in total. The van der Waals surface area contributed by atoms with Crippen LogP contribution < -0.4 is 16.0 Å². The minimum absolute atomic E-state index is 0.209. The number of rotatable bonds is 19. The predicted molar refractivity (Wildman–Crippen MR) is 179 cm³/mol. The summed E-state index contributed by atoms with van der Waals surface area (Å²) in [4.78, 5) is 43.5. The summed E-state index contributed by atoms with van der Waals surface area (Å²) in [6.07, 6.45) is 4.00. The van der Waals surface area contributed by atoms with Gasteiger partial charge in [-0.3, -0.25) is 19.4 Å². The summed E-state index contributed by atoms with van der Waals surface area (Å²) in [5, 5.41) is 31.1. The van der Waals surface area contributed by atoms with Gasteiger partial charge in [-0.1, -0.05) is 87.4 Å². The molecule has 0 aliphatic heterocycles. The van der Waals surface area contributed by atoms with E-state index in [9.17, 15) is 24.6 Å². The van der Waals surface area contributed by atoms with Gasteiger partial charge in [-0.2, -0.15) is 11.8 Å². The summed E-state index contributed by atoms with van der Waals surface area (Å²) in [5.74, 6) is -0.999. The molecule has 242 valence electrons. The number of aliphatic hydroxyl groups is 2. The fourth-order valence-corrected chi connectivity index (χ4v) is 6.47. The summed E-state index contributed by atoms with van der Waals surface area (Å²) < 4.78 is 0. The van der Waals surface area contributed by atoms with Crippen molar-refractivity contribution in [1.29, 1.82) is 0 Å². The lowest BCUT2D eigenvalue weighted by Gasteiger charge is -2.30. The van der Waals surface area contributed by atoms with Gasteiger partial charge in [0.05, 0.1) is 24.1 Å². The Morgan fingerprint density at radius 1 is 0.844 bits per heavy atom. The Balaban J connectivity index is 1.75. The molecule has 0 spiro atoms. The number of hydrogen-bond donors (Lipinski definition) is 5. The number of benzene rings is 2. The van der Waals surface area contributed by atoms with Gasteiger partial charge in [-0.25, -0.2) is 0 Å². The molecular weight excluding hydrogens is 588 g/mol. The minimum atomic E-state index is -1.45. The molecule has 0 saturated carbocycles. The summed E-state index contributed by atoms with van der Waals surface area (Å²) in [5.41, 5.74) is 2.07. The molecule has 0 bridgehead atoms. The molecule has 1 heterocycles. The molecule has 3 aromatic rings. The fraction of sp³-hybridized carbons (Fsp3) is 0.429. The molecule has 0 aliphatic rings. The molecule has 4 atom stereocenters. The Bertz CT molecular complexity index is 1290. The maximum absolute atomic E-state index is 13.8. The van der Waals surface area contributed by atoms with Crippen molar-refractivity contribution in [2.75, 3.05) is 5.75 Å². The van der Waals surface area contributed by atoms with E-state index >= 15 is 0 Å². The number of carbonyl (C=O) groups excluding carboxylic acids is 3. The van der Waals surface area contributed by atoms with E-state index in [4.69, 9.17) is 0 Å². The number of nitrogens with one attached hydrogen (secondary N) is 3. The molecule has 3 rings (SSSR count). The van der Waals surface area contributed by atoms with E-state index in [0.717, 1.165) is 36.8 Å². The van der Waals surface area contributed by atoms with E-state index in [1.807, 2.05) is 60.7 Å². The first-order valence-corrected chi connectivity index (χ1v) is 16.7. The third-order valence-electron chi connectivity index (χ3n) is 7.43. The van der Waals surface area contributed by atoms with Gasteiger partial charge in [-0.05, 0) is 42.5 Å².